The molecular weight excluding hydrogens is 326 g/mol. The molecule has 24 heavy (non-hydrogen) atoms. The zero-order chi connectivity index (χ0) is 17.2. The average Bonchev–Trinajstić information content (AvgIpc) is 3.07. The van der Waals surface area contributed by atoms with Crippen LogP contribution in [-0.4, -0.2) is 44.7 Å². The number of furan rings is 1. The Morgan fingerprint density at radius 3 is 2.92 bits per heavy atom. The molecule has 0 amide bonds. The summed E-state index contributed by atoms with van der Waals surface area (Å²) in [5.74, 6) is 1.79. The lowest BCUT2D eigenvalue weighted by Crippen LogP contribution is -2.39. The molecule has 1 aromatic heterocycles. The topological polar surface area (TPSA) is 50.0 Å². The van der Waals surface area contributed by atoms with Crippen molar-refractivity contribution >= 4 is 17.6 Å². The molecule has 1 N–H and O–H groups in total. The minimum atomic E-state index is 0.592. The molecule has 0 spiro atoms. The fraction of sp³-hybridized carbons (Fsp3) is 0.389. The second-order valence-corrected chi connectivity index (χ2v) is 5.88. The summed E-state index contributed by atoms with van der Waals surface area (Å²) >= 11 is 6.06. The van der Waals surface area contributed by atoms with E-state index >= 15 is 0 Å². The van der Waals surface area contributed by atoms with Crippen molar-refractivity contribution in [2.75, 3.05) is 33.9 Å². The first-order valence-electron chi connectivity index (χ1n) is 7.94. The number of nitrogens with one attached hydrogen (secondary N) is 1. The van der Waals surface area contributed by atoms with Crippen molar-refractivity contribution in [3.63, 3.8) is 0 Å². The smallest absolute Gasteiger partial charge is 0.194 e. The molecule has 0 aliphatic rings. The number of hydrogen-bond acceptors (Lipinski definition) is 3. The predicted octanol–water partition coefficient (Wildman–Crippen LogP) is 3.20. The Morgan fingerprint density at radius 2 is 2.21 bits per heavy atom. The number of nitrogens with zero attached hydrogens (tertiary/aromatic N) is 2. The first-order valence-corrected chi connectivity index (χ1v) is 8.32. The van der Waals surface area contributed by atoms with Crippen LogP contribution in [0.2, 0.25) is 5.02 Å². The molecule has 2 rings (SSSR count). The van der Waals surface area contributed by atoms with E-state index in [1.807, 2.05) is 37.4 Å². The van der Waals surface area contributed by atoms with Gasteiger partial charge >= 0.3 is 0 Å². The first-order chi connectivity index (χ1) is 11.7. The lowest BCUT2D eigenvalue weighted by molar-refractivity contribution is 0.207. The highest BCUT2D eigenvalue weighted by Gasteiger charge is 2.08. The van der Waals surface area contributed by atoms with E-state index in [-0.39, 0.29) is 0 Å². The standard InChI is InChI=1S/C18H24ClN3O2/c1-22(14-15-5-3-6-16(19)13-15)18(21-10-12-23-2)20-9-8-17-7-4-11-24-17/h3-7,11,13H,8-10,12,14H2,1-2H3,(H,20,21). The molecule has 0 bridgehead atoms. The summed E-state index contributed by atoms with van der Waals surface area (Å²) in [5.41, 5.74) is 1.14. The number of rotatable bonds is 8. The van der Waals surface area contributed by atoms with E-state index in [0.29, 0.717) is 13.2 Å². The summed E-state index contributed by atoms with van der Waals surface area (Å²) in [6.45, 7) is 2.67. The molecule has 130 valence electrons. The molecule has 0 radical (unpaired) electrons. The SMILES string of the molecule is COCCN=C(NCCc1ccco1)N(C)Cc1cccc(Cl)c1. The van der Waals surface area contributed by atoms with E-state index in [2.05, 4.69) is 21.3 Å². The lowest BCUT2D eigenvalue weighted by Gasteiger charge is -2.22. The van der Waals surface area contributed by atoms with Gasteiger partial charge in [0.2, 0.25) is 0 Å². The first kappa shape index (κ1) is 18.4. The second kappa shape index (κ2) is 10.0. The van der Waals surface area contributed by atoms with Crippen molar-refractivity contribution in [2.45, 2.75) is 13.0 Å². The van der Waals surface area contributed by atoms with E-state index in [1.165, 1.54) is 0 Å². The van der Waals surface area contributed by atoms with E-state index in [1.54, 1.807) is 13.4 Å². The summed E-state index contributed by atoms with van der Waals surface area (Å²) in [7, 11) is 3.68. The van der Waals surface area contributed by atoms with Crippen molar-refractivity contribution in [3.8, 4) is 0 Å². The number of halogens is 1. The summed E-state index contributed by atoms with van der Waals surface area (Å²) in [6.07, 6.45) is 2.50. The third kappa shape index (κ3) is 6.26. The zero-order valence-corrected chi connectivity index (χ0v) is 14.9. The second-order valence-electron chi connectivity index (χ2n) is 5.44. The Morgan fingerprint density at radius 1 is 1.33 bits per heavy atom. The quantitative estimate of drug-likeness (QED) is 0.451. The van der Waals surface area contributed by atoms with Crippen LogP contribution in [0, 0.1) is 0 Å². The van der Waals surface area contributed by atoms with Crippen LogP contribution < -0.4 is 5.32 Å². The Bertz CT molecular complexity index is 629. The van der Waals surface area contributed by atoms with Gasteiger partial charge in [0.15, 0.2) is 5.96 Å². The van der Waals surface area contributed by atoms with Crippen molar-refractivity contribution in [1.82, 2.24) is 10.2 Å². The Kier molecular flexibility index (Phi) is 7.65. The van der Waals surface area contributed by atoms with Gasteiger partial charge in [-0.1, -0.05) is 23.7 Å². The molecular formula is C18H24ClN3O2. The van der Waals surface area contributed by atoms with Crippen LogP contribution in [-0.2, 0) is 17.7 Å². The van der Waals surface area contributed by atoms with Crippen molar-refractivity contribution in [1.29, 1.82) is 0 Å². The summed E-state index contributed by atoms with van der Waals surface area (Å²) < 4.78 is 10.4. The molecule has 0 unspecified atom stereocenters. The third-order valence-corrected chi connectivity index (χ3v) is 3.70. The molecule has 0 saturated carbocycles. The van der Waals surface area contributed by atoms with Gasteiger partial charge in [0, 0.05) is 38.7 Å². The van der Waals surface area contributed by atoms with Gasteiger partial charge in [-0.25, -0.2) is 0 Å². The highest BCUT2D eigenvalue weighted by Crippen LogP contribution is 2.12. The Hall–Kier alpha value is -1.98. The largest absolute Gasteiger partial charge is 0.469 e. The molecule has 2 aromatic rings. The Labute approximate surface area is 148 Å². The van der Waals surface area contributed by atoms with Crippen LogP contribution in [0.1, 0.15) is 11.3 Å². The van der Waals surface area contributed by atoms with Crippen LogP contribution in [0.5, 0.6) is 0 Å². The predicted molar refractivity (Wildman–Crippen MR) is 97.5 cm³/mol. The summed E-state index contributed by atoms with van der Waals surface area (Å²) in [5, 5.41) is 4.12. The van der Waals surface area contributed by atoms with E-state index in [9.17, 15) is 0 Å². The number of hydrogen-bond donors (Lipinski definition) is 1. The van der Waals surface area contributed by atoms with Crippen LogP contribution in [0.15, 0.2) is 52.1 Å². The van der Waals surface area contributed by atoms with Crippen LogP contribution in [0.3, 0.4) is 0 Å². The lowest BCUT2D eigenvalue weighted by atomic mass is 10.2. The van der Waals surface area contributed by atoms with Gasteiger partial charge in [-0.3, -0.25) is 4.99 Å². The molecule has 0 fully saturated rings. The monoisotopic (exact) mass is 349 g/mol. The van der Waals surface area contributed by atoms with Crippen LogP contribution >= 0.6 is 11.6 Å². The van der Waals surface area contributed by atoms with E-state index in [4.69, 9.17) is 20.8 Å². The number of benzene rings is 1. The number of ether oxygens (including phenoxy) is 1. The maximum atomic E-state index is 6.06. The van der Waals surface area contributed by atoms with Crippen molar-refractivity contribution in [2.24, 2.45) is 4.99 Å². The van der Waals surface area contributed by atoms with Gasteiger partial charge in [-0.05, 0) is 29.8 Å². The van der Waals surface area contributed by atoms with Gasteiger partial charge in [0.05, 0.1) is 19.4 Å². The molecule has 6 heteroatoms. The number of aliphatic imine (C=N–C) groups is 1. The maximum absolute atomic E-state index is 6.06. The minimum Gasteiger partial charge on any atom is -0.469 e. The number of methoxy groups -OCH3 is 1. The minimum absolute atomic E-state index is 0.592. The van der Waals surface area contributed by atoms with Gasteiger partial charge in [0.25, 0.3) is 0 Å². The maximum Gasteiger partial charge on any atom is 0.194 e. The normalized spacial score (nSPS) is 11.5. The third-order valence-electron chi connectivity index (χ3n) is 3.46. The molecule has 0 atom stereocenters. The van der Waals surface area contributed by atoms with Gasteiger partial charge in [-0.2, -0.15) is 0 Å². The zero-order valence-electron chi connectivity index (χ0n) is 14.2. The Balaban J connectivity index is 1.94. The highest BCUT2D eigenvalue weighted by molar-refractivity contribution is 6.30. The fourth-order valence-electron chi connectivity index (χ4n) is 2.29. The highest BCUT2D eigenvalue weighted by atomic mass is 35.5. The molecule has 5 nitrogen and oxygen atoms in total. The van der Waals surface area contributed by atoms with Gasteiger partial charge in [-0.15, -0.1) is 0 Å². The molecule has 0 aliphatic carbocycles. The molecule has 0 aliphatic heterocycles. The van der Waals surface area contributed by atoms with Gasteiger partial charge < -0.3 is 19.4 Å². The fourth-order valence-corrected chi connectivity index (χ4v) is 2.50. The molecule has 0 saturated heterocycles. The van der Waals surface area contributed by atoms with Crippen molar-refractivity contribution in [3.05, 3.63) is 59.0 Å². The van der Waals surface area contributed by atoms with Gasteiger partial charge in [0.1, 0.15) is 5.76 Å². The van der Waals surface area contributed by atoms with Crippen molar-refractivity contribution < 1.29 is 9.15 Å². The summed E-state index contributed by atoms with van der Waals surface area (Å²) in [6, 6.07) is 11.7. The summed E-state index contributed by atoms with van der Waals surface area (Å²) in [4.78, 5) is 6.67. The number of guanidine groups is 1. The van der Waals surface area contributed by atoms with Crippen LogP contribution in [0.4, 0.5) is 0 Å². The van der Waals surface area contributed by atoms with E-state index < -0.39 is 0 Å². The average molecular weight is 350 g/mol. The van der Waals surface area contributed by atoms with Crippen LogP contribution in [0.25, 0.3) is 0 Å². The molecule has 1 heterocycles. The molecule has 1 aromatic carbocycles. The van der Waals surface area contributed by atoms with E-state index in [0.717, 1.165) is 41.8 Å².